The van der Waals surface area contributed by atoms with Gasteiger partial charge in [-0.1, -0.05) is 27.7 Å². The molecule has 0 heterocycles. The van der Waals surface area contributed by atoms with Crippen molar-refractivity contribution in [2.24, 2.45) is 5.41 Å². The van der Waals surface area contributed by atoms with Crippen molar-refractivity contribution < 1.29 is 44.7 Å². The molecule has 0 radical (unpaired) electrons. The molecule has 0 unspecified atom stereocenters. The molecule has 0 aliphatic rings. The van der Waals surface area contributed by atoms with Crippen molar-refractivity contribution in [3.05, 3.63) is 0 Å². The van der Waals surface area contributed by atoms with E-state index in [1.165, 1.54) is 0 Å². The van der Waals surface area contributed by atoms with Crippen LogP contribution in [0.1, 0.15) is 27.7 Å². The van der Waals surface area contributed by atoms with Crippen molar-refractivity contribution in [3.63, 3.8) is 0 Å². The van der Waals surface area contributed by atoms with Gasteiger partial charge >= 0.3 is 23.9 Å². The van der Waals surface area contributed by atoms with Gasteiger partial charge in [-0.2, -0.15) is 0 Å². The molecule has 0 aliphatic carbocycles. The summed E-state index contributed by atoms with van der Waals surface area (Å²) in [6.07, 6.45) is -1.31. The van der Waals surface area contributed by atoms with Crippen molar-refractivity contribution in [1.29, 1.82) is 0 Å². The molecule has 0 bridgehead atoms. The summed E-state index contributed by atoms with van der Waals surface area (Å²) in [5.74, 6) is -5.16. The number of carboxylic acid groups (broad SMARTS) is 4. The molecule has 11 nitrogen and oxygen atoms in total. The highest BCUT2D eigenvalue weighted by atomic mass is 16.4. The SMILES string of the molecule is CC(C)(C)C.O=C(O)CN(CC(=O)O)CC(O)CN(CC(=O)O)CC(=O)O. The van der Waals surface area contributed by atoms with Gasteiger partial charge < -0.3 is 25.5 Å². The number of hydrogen-bond acceptors (Lipinski definition) is 7. The van der Waals surface area contributed by atoms with E-state index in [-0.39, 0.29) is 13.1 Å². The van der Waals surface area contributed by atoms with Gasteiger partial charge in [0.1, 0.15) is 0 Å². The van der Waals surface area contributed by atoms with Crippen LogP contribution >= 0.6 is 0 Å². The standard InChI is InChI=1S/C11H18N2O9.C5H12/c14-7(1-12(3-8(15)16)4-9(17)18)2-13(5-10(19)20)6-11(21)22;1-5(2,3)4/h7,14H,1-6H2,(H,15,16)(H,17,18)(H,19,20)(H,21,22);1-4H3. The molecule has 0 spiro atoms. The van der Waals surface area contributed by atoms with Gasteiger partial charge in [-0.15, -0.1) is 0 Å². The number of nitrogens with zero attached hydrogens (tertiary/aromatic N) is 2. The molecule has 0 saturated heterocycles. The molecule has 0 aromatic rings. The lowest BCUT2D eigenvalue weighted by atomic mass is 10.0. The van der Waals surface area contributed by atoms with E-state index >= 15 is 0 Å². The first-order chi connectivity index (χ1) is 12.1. The third-order valence-corrected chi connectivity index (χ3v) is 2.37. The smallest absolute Gasteiger partial charge is 0.317 e. The van der Waals surface area contributed by atoms with E-state index in [4.69, 9.17) is 20.4 Å². The minimum atomic E-state index is -1.31. The van der Waals surface area contributed by atoms with Crippen LogP contribution in [0.2, 0.25) is 0 Å². The Morgan fingerprint density at radius 1 is 0.667 bits per heavy atom. The molecule has 0 aliphatic heterocycles. The second-order valence-corrected chi connectivity index (χ2v) is 7.57. The highest BCUT2D eigenvalue weighted by molar-refractivity contribution is 5.73. The maximum Gasteiger partial charge on any atom is 0.317 e. The van der Waals surface area contributed by atoms with Crippen molar-refractivity contribution in [2.75, 3.05) is 39.3 Å². The van der Waals surface area contributed by atoms with Crippen molar-refractivity contribution in [1.82, 2.24) is 9.80 Å². The number of rotatable bonds is 12. The van der Waals surface area contributed by atoms with Gasteiger partial charge in [0, 0.05) is 13.1 Å². The zero-order valence-corrected chi connectivity index (χ0v) is 16.1. The summed E-state index contributed by atoms with van der Waals surface area (Å²) in [5, 5.41) is 44.4. The molecule has 0 aromatic carbocycles. The van der Waals surface area contributed by atoms with E-state index in [0.29, 0.717) is 5.41 Å². The van der Waals surface area contributed by atoms with Crippen LogP contribution in [0.5, 0.6) is 0 Å². The average molecular weight is 394 g/mol. The summed E-state index contributed by atoms with van der Waals surface area (Å²) < 4.78 is 0. The predicted octanol–water partition coefficient (Wildman–Crippen LogP) is -0.658. The average Bonchev–Trinajstić information content (AvgIpc) is 2.31. The van der Waals surface area contributed by atoms with Gasteiger partial charge in [0.05, 0.1) is 32.3 Å². The van der Waals surface area contributed by atoms with E-state index in [1.807, 2.05) is 0 Å². The third kappa shape index (κ3) is 23.8. The Hall–Kier alpha value is -2.24. The first-order valence-electron chi connectivity index (χ1n) is 8.10. The maximum absolute atomic E-state index is 10.6. The lowest BCUT2D eigenvalue weighted by molar-refractivity contribution is -0.143. The van der Waals surface area contributed by atoms with Crippen LogP contribution in [0.15, 0.2) is 0 Å². The fraction of sp³-hybridized carbons (Fsp3) is 0.750. The molecule has 0 amide bonds. The number of aliphatic carboxylic acids is 4. The monoisotopic (exact) mass is 394 g/mol. The summed E-state index contributed by atoms with van der Waals surface area (Å²) in [6.45, 7) is 5.55. The fourth-order valence-corrected chi connectivity index (χ4v) is 1.79. The lowest BCUT2D eigenvalue weighted by Gasteiger charge is -2.25. The Morgan fingerprint density at radius 3 is 1.00 bits per heavy atom. The van der Waals surface area contributed by atoms with Crippen molar-refractivity contribution in [3.8, 4) is 0 Å². The van der Waals surface area contributed by atoms with E-state index in [0.717, 1.165) is 9.80 Å². The summed E-state index contributed by atoms with van der Waals surface area (Å²) in [5.41, 5.74) is 0.500. The van der Waals surface area contributed by atoms with Gasteiger partial charge in [-0.3, -0.25) is 29.0 Å². The van der Waals surface area contributed by atoms with E-state index in [2.05, 4.69) is 27.7 Å². The highest BCUT2D eigenvalue weighted by Crippen LogP contribution is 2.08. The largest absolute Gasteiger partial charge is 0.480 e. The summed E-state index contributed by atoms with van der Waals surface area (Å²) in [7, 11) is 0. The van der Waals surface area contributed by atoms with Crippen LogP contribution in [-0.2, 0) is 19.2 Å². The number of carbonyl (C=O) groups is 4. The Kier molecular flexibility index (Phi) is 13.0. The predicted molar refractivity (Wildman–Crippen MR) is 94.6 cm³/mol. The van der Waals surface area contributed by atoms with Crippen LogP contribution in [0.25, 0.3) is 0 Å². The second kappa shape index (κ2) is 13.0. The summed E-state index contributed by atoms with van der Waals surface area (Å²) >= 11 is 0. The van der Waals surface area contributed by atoms with Crippen LogP contribution in [-0.4, -0.2) is 105 Å². The number of aliphatic hydroxyl groups excluding tert-OH is 1. The molecule has 0 rings (SSSR count). The first-order valence-corrected chi connectivity index (χ1v) is 8.10. The Balaban J connectivity index is 0. The topological polar surface area (TPSA) is 176 Å². The molecule has 27 heavy (non-hydrogen) atoms. The minimum Gasteiger partial charge on any atom is -0.480 e. The van der Waals surface area contributed by atoms with E-state index in [1.54, 1.807) is 0 Å². The Morgan fingerprint density at radius 2 is 0.852 bits per heavy atom. The molecule has 158 valence electrons. The molecule has 0 atom stereocenters. The molecule has 0 fully saturated rings. The van der Waals surface area contributed by atoms with Gasteiger partial charge in [-0.05, 0) is 5.41 Å². The zero-order valence-electron chi connectivity index (χ0n) is 16.1. The summed E-state index contributed by atoms with van der Waals surface area (Å²) in [4.78, 5) is 44.3. The van der Waals surface area contributed by atoms with Crippen LogP contribution < -0.4 is 0 Å². The van der Waals surface area contributed by atoms with Gasteiger partial charge in [0.2, 0.25) is 0 Å². The van der Waals surface area contributed by atoms with Crippen LogP contribution in [0, 0.1) is 5.41 Å². The number of aliphatic hydroxyl groups is 1. The number of hydrogen-bond donors (Lipinski definition) is 5. The Bertz CT molecular complexity index is 427. The molecule has 11 heteroatoms. The third-order valence-electron chi connectivity index (χ3n) is 2.37. The van der Waals surface area contributed by atoms with Crippen LogP contribution in [0.4, 0.5) is 0 Å². The molecular formula is C16H30N2O9. The van der Waals surface area contributed by atoms with E-state index < -0.39 is 56.2 Å². The quantitative estimate of drug-likeness (QED) is 0.284. The van der Waals surface area contributed by atoms with Crippen molar-refractivity contribution in [2.45, 2.75) is 33.8 Å². The molecule has 0 saturated carbocycles. The Labute approximate surface area is 157 Å². The van der Waals surface area contributed by atoms with Crippen LogP contribution in [0.3, 0.4) is 0 Å². The first kappa shape index (κ1) is 27.0. The molecule has 5 N–H and O–H groups in total. The maximum atomic E-state index is 10.6. The van der Waals surface area contributed by atoms with Gasteiger partial charge in [0.25, 0.3) is 0 Å². The highest BCUT2D eigenvalue weighted by Gasteiger charge is 2.21. The fourth-order valence-electron chi connectivity index (χ4n) is 1.79. The summed E-state index contributed by atoms with van der Waals surface area (Å²) in [6, 6.07) is 0. The zero-order chi connectivity index (χ0) is 21.8. The normalized spacial score (nSPS) is 11.3. The molecular weight excluding hydrogens is 364 g/mol. The molecule has 0 aromatic heterocycles. The van der Waals surface area contributed by atoms with Gasteiger partial charge in [-0.25, -0.2) is 0 Å². The van der Waals surface area contributed by atoms with Crippen molar-refractivity contribution >= 4 is 23.9 Å². The number of carboxylic acids is 4. The second-order valence-electron chi connectivity index (χ2n) is 7.57. The lowest BCUT2D eigenvalue weighted by Crippen LogP contribution is -2.46. The van der Waals surface area contributed by atoms with Gasteiger partial charge in [0.15, 0.2) is 0 Å². The van der Waals surface area contributed by atoms with E-state index in [9.17, 15) is 24.3 Å². The minimum absolute atomic E-state index is 0.353.